The van der Waals surface area contributed by atoms with Gasteiger partial charge in [0.1, 0.15) is 0 Å². The van der Waals surface area contributed by atoms with Gasteiger partial charge in [-0.1, -0.05) is 38.0 Å². The van der Waals surface area contributed by atoms with E-state index in [2.05, 4.69) is 6.92 Å². The molecule has 2 N–H and O–H groups in total. The number of nitrogens with two attached hydrogens (primary N) is 1. The van der Waals surface area contributed by atoms with Gasteiger partial charge in [0.15, 0.2) is 0 Å². The van der Waals surface area contributed by atoms with Crippen molar-refractivity contribution in [2.75, 3.05) is 0 Å². The number of hydrogen-bond acceptors (Lipinski definition) is 1. The van der Waals surface area contributed by atoms with Crippen molar-refractivity contribution in [3.8, 4) is 0 Å². The van der Waals surface area contributed by atoms with Gasteiger partial charge < -0.3 is 5.73 Å². The third kappa shape index (κ3) is 2.87. The minimum absolute atomic E-state index is 0.338. The summed E-state index contributed by atoms with van der Waals surface area (Å²) in [5, 5.41) is 0. The summed E-state index contributed by atoms with van der Waals surface area (Å²) in [4.78, 5) is 11.1. The lowest BCUT2D eigenvalue weighted by atomic mass is 10.0. The van der Waals surface area contributed by atoms with E-state index in [9.17, 15) is 4.79 Å². The average Bonchev–Trinajstić information content (AvgIpc) is 2.19. The van der Waals surface area contributed by atoms with Gasteiger partial charge in [0.05, 0.1) is 0 Å². The molecule has 0 saturated carbocycles. The van der Waals surface area contributed by atoms with Crippen molar-refractivity contribution in [3.05, 3.63) is 42.3 Å². The van der Waals surface area contributed by atoms with Crippen LogP contribution >= 0.6 is 0 Å². The van der Waals surface area contributed by atoms with E-state index in [0.29, 0.717) is 5.56 Å². The Hall–Kier alpha value is -1.31. The molecule has 0 heterocycles. The number of hydrogen-bond donors (Lipinski definition) is 1. The SMILES string of the molecule is [CH2]CCCCc1ccccc1C(N)=O. The molecule has 0 unspecified atom stereocenters. The van der Waals surface area contributed by atoms with E-state index in [1.54, 1.807) is 6.07 Å². The van der Waals surface area contributed by atoms with E-state index in [4.69, 9.17) is 5.73 Å². The van der Waals surface area contributed by atoms with Crippen LogP contribution in [0.3, 0.4) is 0 Å². The Morgan fingerprint density at radius 2 is 2.00 bits per heavy atom. The van der Waals surface area contributed by atoms with Crippen LogP contribution in [0.1, 0.15) is 35.2 Å². The maximum Gasteiger partial charge on any atom is 0.248 e. The molecule has 14 heavy (non-hydrogen) atoms. The molecule has 0 bridgehead atoms. The molecule has 1 radical (unpaired) electrons. The average molecular weight is 190 g/mol. The van der Waals surface area contributed by atoms with Crippen molar-refractivity contribution in [1.29, 1.82) is 0 Å². The lowest BCUT2D eigenvalue weighted by Crippen LogP contribution is -2.13. The van der Waals surface area contributed by atoms with E-state index >= 15 is 0 Å². The van der Waals surface area contributed by atoms with Crippen LogP contribution in [-0.4, -0.2) is 5.91 Å². The topological polar surface area (TPSA) is 43.1 Å². The van der Waals surface area contributed by atoms with Crippen molar-refractivity contribution >= 4 is 5.91 Å². The lowest BCUT2D eigenvalue weighted by Gasteiger charge is -2.05. The van der Waals surface area contributed by atoms with E-state index in [1.165, 1.54) is 0 Å². The third-order valence-corrected chi connectivity index (χ3v) is 2.23. The van der Waals surface area contributed by atoms with Gasteiger partial charge in [-0.05, 0) is 24.5 Å². The second-order valence-corrected chi connectivity index (χ2v) is 3.33. The molecule has 0 atom stereocenters. The highest BCUT2D eigenvalue weighted by Gasteiger charge is 2.05. The Morgan fingerprint density at radius 1 is 1.29 bits per heavy atom. The molecule has 0 aromatic heterocycles. The molecule has 75 valence electrons. The summed E-state index contributed by atoms with van der Waals surface area (Å²) >= 11 is 0. The molecule has 0 spiro atoms. The van der Waals surface area contributed by atoms with Crippen molar-refractivity contribution in [3.63, 3.8) is 0 Å². The monoisotopic (exact) mass is 190 g/mol. The van der Waals surface area contributed by atoms with Crippen LogP contribution in [0.25, 0.3) is 0 Å². The maximum absolute atomic E-state index is 11.1. The Morgan fingerprint density at radius 3 is 2.64 bits per heavy atom. The van der Waals surface area contributed by atoms with Gasteiger partial charge in [-0.3, -0.25) is 4.79 Å². The van der Waals surface area contributed by atoms with Crippen LogP contribution in [-0.2, 0) is 6.42 Å². The van der Waals surface area contributed by atoms with Crippen molar-refractivity contribution < 1.29 is 4.79 Å². The number of amides is 1. The van der Waals surface area contributed by atoms with Crippen LogP contribution in [0.2, 0.25) is 0 Å². The number of carbonyl (C=O) groups is 1. The lowest BCUT2D eigenvalue weighted by molar-refractivity contribution is 0.0999. The van der Waals surface area contributed by atoms with E-state index < -0.39 is 0 Å². The molecule has 0 aliphatic rings. The summed E-state index contributed by atoms with van der Waals surface area (Å²) < 4.78 is 0. The summed E-state index contributed by atoms with van der Waals surface area (Å²) in [6.07, 6.45) is 4.01. The second-order valence-electron chi connectivity index (χ2n) is 3.33. The summed E-state index contributed by atoms with van der Waals surface area (Å²) in [7, 11) is 0. The molecule has 1 rings (SSSR count). The van der Waals surface area contributed by atoms with Gasteiger partial charge in [-0.2, -0.15) is 0 Å². The molecule has 2 heteroatoms. The summed E-state index contributed by atoms with van der Waals surface area (Å²) in [5.41, 5.74) is 6.97. The summed E-state index contributed by atoms with van der Waals surface area (Å²) in [5.74, 6) is -0.338. The Bertz CT molecular complexity index is 307. The fourth-order valence-electron chi connectivity index (χ4n) is 1.47. The number of benzene rings is 1. The largest absolute Gasteiger partial charge is 0.366 e. The first-order valence-electron chi connectivity index (χ1n) is 4.92. The number of carbonyl (C=O) groups excluding carboxylic acids is 1. The molecular weight excluding hydrogens is 174 g/mol. The first-order chi connectivity index (χ1) is 6.75. The molecule has 1 aromatic rings. The summed E-state index contributed by atoms with van der Waals surface area (Å²) in [6.45, 7) is 3.78. The van der Waals surface area contributed by atoms with Crippen LogP contribution in [0.15, 0.2) is 24.3 Å². The molecule has 0 fully saturated rings. The first-order valence-corrected chi connectivity index (χ1v) is 4.92. The normalized spacial score (nSPS) is 10.1. The van der Waals surface area contributed by atoms with Gasteiger partial charge >= 0.3 is 0 Å². The molecule has 0 aliphatic carbocycles. The third-order valence-electron chi connectivity index (χ3n) is 2.23. The molecular formula is C12H16NO. The Labute approximate surface area is 85.1 Å². The highest BCUT2D eigenvalue weighted by Crippen LogP contribution is 2.11. The first kappa shape index (κ1) is 10.8. The van der Waals surface area contributed by atoms with Gasteiger partial charge in [-0.15, -0.1) is 0 Å². The van der Waals surface area contributed by atoms with Gasteiger partial charge in [0.2, 0.25) is 5.91 Å². The van der Waals surface area contributed by atoms with Gasteiger partial charge in [0.25, 0.3) is 0 Å². The van der Waals surface area contributed by atoms with Crippen LogP contribution < -0.4 is 5.73 Å². The number of rotatable bonds is 5. The van der Waals surface area contributed by atoms with Crippen LogP contribution in [0, 0.1) is 6.92 Å². The highest BCUT2D eigenvalue weighted by molar-refractivity contribution is 5.94. The fraction of sp³-hybridized carbons (Fsp3) is 0.333. The van der Waals surface area contributed by atoms with E-state index in [-0.39, 0.29) is 5.91 Å². The van der Waals surface area contributed by atoms with Crippen LogP contribution in [0.4, 0.5) is 0 Å². The Kier molecular flexibility index (Phi) is 4.17. The standard InChI is InChI=1S/C12H16NO/c1-2-3-4-7-10-8-5-6-9-11(10)12(13)14/h5-6,8-9H,1-4,7H2,(H2,13,14). The molecule has 1 aromatic carbocycles. The zero-order valence-electron chi connectivity index (χ0n) is 8.33. The van der Waals surface area contributed by atoms with Crippen molar-refractivity contribution in [1.82, 2.24) is 0 Å². The van der Waals surface area contributed by atoms with Gasteiger partial charge in [0, 0.05) is 5.56 Å². The molecule has 0 aliphatic heterocycles. The van der Waals surface area contributed by atoms with Crippen LogP contribution in [0.5, 0.6) is 0 Å². The zero-order chi connectivity index (χ0) is 10.4. The number of primary amides is 1. The number of unbranched alkanes of at least 4 members (excludes halogenated alkanes) is 2. The van der Waals surface area contributed by atoms with Crippen molar-refractivity contribution in [2.45, 2.75) is 25.7 Å². The minimum Gasteiger partial charge on any atom is -0.366 e. The Balaban J connectivity index is 2.69. The van der Waals surface area contributed by atoms with Crippen molar-refractivity contribution in [2.24, 2.45) is 5.73 Å². The molecule has 0 saturated heterocycles. The molecule has 2 nitrogen and oxygen atoms in total. The molecule has 1 amide bonds. The fourth-order valence-corrected chi connectivity index (χ4v) is 1.47. The highest BCUT2D eigenvalue weighted by atomic mass is 16.1. The van der Waals surface area contributed by atoms with E-state index in [0.717, 1.165) is 31.2 Å². The summed E-state index contributed by atoms with van der Waals surface area (Å²) in [6, 6.07) is 7.52. The minimum atomic E-state index is -0.338. The maximum atomic E-state index is 11.1. The van der Waals surface area contributed by atoms with Gasteiger partial charge in [-0.25, -0.2) is 0 Å². The predicted octanol–water partition coefficient (Wildman–Crippen LogP) is 2.33. The second kappa shape index (κ2) is 5.43. The zero-order valence-corrected chi connectivity index (χ0v) is 8.33. The number of aryl methyl sites for hydroxylation is 1. The quantitative estimate of drug-likeness (QED) is 0.711. The van der Waals surface area contributed by atoms with E-state index in [1.807, 2.05) is 18.2 Å². The smallest absolute Gasteiger partial charge is 0.248 e. The predicted molar refractivity (Wildman–Crippen MR) is 57.9 cm³/mol.